The van der Waals surface area contributed by atoms with Crippen molar-refractivity contribution in [2.75, 3.05) is 6.61 Å². The lowest BCUT2D eigenvalue weighted by Crippen LogP contribution is -2.37. The Balaban J connectivity index is 2.35. The molecule has 4 atom stereocenters. The fraction of sp³-hybridized carbons (Fsp3) is 0.636. The summed E-state index contributed by atoms with van der Waals surface area (Å²) < 4.78 is 6.67. The Hall–Kier alpha value is -2.13. The van der Waals surface area contributed by atoms with Crippen LogP contribution in [0.2, 0.25) is 0 Å². The van der Waals surface area contributed by atoms with E-state index < -0.39 is 42.3 Å². The van der Waals surface area contributed by atoms with Gasteiger partial charge in [-0.1, -0.05) is 5.11 Å². The number of H-pyrrole nitrogens is 1. The highest BCUT2D eigenvalue weighted by Crippen LogP contribution is 2.31. The quantitative estimate of drug-likeness (QED) is 0.376. The summed E-state index contributed by atoms with van der Waals surface area (Å²) in [5.74, 6) is 0. The van der Waals surface area contributed by atoms with Gasteiger partial charge < -0.3 is 14.9 Å². The molecular weight excluding hydrogens is 282 g/mol. The van der Waals surface area contributed by atoms with E-state index in [9.17, 15) is 14.7 Å². The third kappa shape index (κ3) is 2.98. The topological polar surface area (TPSA) is 153 Å². The van der Waals surface area contributed by atoms with Crippen LogP contribution in [0.5, 0.6) is 0 Å². The molecule has 3 N–H and O–H groups in total. The van der Waals surface area contributed by atoms with Gasteiger partial charge in [-0.15, -0.1) is 0 Å². The van der Waals surface area contributed by atoms with Crippen LogP contribution in [0.4, 0.5) is 0 Å². The van der Waals surface area contributed by atoms with Gasteiger partial charge in [-0.3, -0.25) is 14.3 Å². The summed E-state index contributed by atoms with van der Waals surface area (Å²) in [5, 5.41) is 22.2. The number of nitrogens with one attached hydrogen (secondary N) is 1. The summed E-state index contributed by atoms with van der Waals surface area (Å²) in [6, 6.07) is -0.721. The number of aromatic nitrogens is 2. The van der Waals surface area contributed by atoms with Gasteiger partial charge in [0.15, 0.2) is 0 Å². The fourth-order valence-corrected chi connectivity index (χ4v) is 2.28. The van der Waals surface area contributed by atoms with Crippen LogP contribution in [0.15, 0.2) is 20.9 Å². The molecule has 10 nitrogen and oxygen atoms in total. The van der Waals surface area contributed by atoms with E-state index in [0.29, 0.717) is 5.56 Å². The van der Waals surface area contributed by atoms with E-state index in [1.54, 1.807) is 0 Å². The number of rotatable bonds is 4. The fourth-order valence-electron chi connectivity index (χ4n) is 2.28. The van der Waals surface area contributed by atoms with E-state index in [-0.39, 0.29) is 6.42 Å². The van der Waals surface area contributed by atoms with Crippen LogP contribution in [0.25, 0.3) is 10.4 Å². The lowest BCUT2D eigenvalue weighted by atomic mass is 10.1. The summed E-state index contributed by atoms with van der Waals surface area (Å²) in [5.41, 5.74) is 7.71. The number of aromatic amines is 1. The minimum atomic E-state index is -1.23. The average Bonchev–Trinajstić information content (AvgIpc) is 2.86. The van der Waals surface area contributed by atoms with Crippen molar-refractivity contribution in [1.29, 1.82) is 0 Å². The first kappa shape index (κ1) is 15.3. The number of aryl methyl sites for hydroxylation is 1. The van der Waals surface area contributed by atoms with Crippen molar-refractivity contribution in [3.8, 4) is 0 Å². The van der Waals surface area contributed by atoms with E-state index in [4.69, 9.17) is 15.4 Å². The Labute approximate surface area is 118 Å². The Bertz CT molecular complexity index is 676. The number of hydrogen-bond donors (Lipinski definition) is 3. The molecule has 21 heavy (non-hydrogen) atoms. The molecule has 0 bridgehead atoms. The zero-order valence-electron chi connectivity index (χ0n) is 11.2. The molecule has 1 aliphatic heterocycles. The van der Waals surface area contributed by atoms with E-state index in [1.807, 2.05) is 0 Å². The molecule has 0 amide bonds. The van der Waals surface area contributed by atoms with Crippen LogP contribution in [-0.2, 0) is 4.74 Å². The molecule has 1 unspecified atom stereocenters. The Morgan fingerprint density at radius 1 is 1.67 bits per heavy atom. The minimum Gasteiger partial charge on any atom is -0.394 e. The Morgan fingerprint density at radius 2 is 2.38 bits per heavy atom. The van der Waals surface area contributed by atoms with Crippen molar-refractivity contribution in [3.63, 3.8) is 0 Å². The maximum absolute atomic E-state index is 11.8. The van der Waals surface area contributed by atoms with Crippen molar-refractivity contribution < 1.29 is 14.9 Å². The lowest BCUT2D eigenvalue weighted by Gasteiger charge is -2.20. The van der Waals surface area contributed by atoms with Gasteiger partial charge >= 0.3 is 5.69 Å². The second-order valence-electron chi connectivity index (χ2n) is 4.79. The smallest absolute Gasteiger partial charge is 0.330 e. The van der Waals surface area contributed by atoms with E-state index in [2.05, 4.69) is 15.0 Å². The summed E-state index contributed by atoms with van der Waals surface area (Å²) in [4.78, 5) is 28.0. The first-order chi connectivity index (χ1) is 9.97. The highest BCUT2D eigenvalue weighted by molar-refractivity contribution is 5.02. The van der Waals surface area contributed by atoms with Gasteiger partial charge in [-0.05, 0) is 12.5 Å². The van der Waals surface area contributed by atoms with Crippen LogP contribution in [0.1, 0.15) is 18.2 Å². The molecule has 1 saturated heterocycles. The summed E-state index contributed by atoms with van der Waals surface area (Å²) in [6.45, 7) is 0.975. The van der Waals surface area contributed by atoms with Crippen LogP contribution < -0.4 is 11.2 Å². The maximum atomic E-state index is 11.8. The van der Waals surface area contributed by atoms with Gasteiger partial charge in [-0.2, -0.15) is 0 Å². The van der Waals surface area contributed by atoms with Gasteiger partial charge in [-0.25, -0.2) is 4.79 Å². The summed E-state index contributed by atoms with van der Waals surface area (Å²) in [6.07, 6.45) is -1.46. The molecule has 0 spiro atoms. The molecule has 1 aromatic heterocycles. The molecule has 0 aromatic carbocycles. The van der Waals surface area contributed by atoms with Crippen molar-refractivity contribution in [2.45, 2.75) is 37.8 Å². The first-order valence-electron chi connectivity index (χ1n) is 6.28. The predicted molar refractivity (Wildman–Crippen MR) is 70.6 cm³/mol. The number of hydrogen-bond acceptors (Lipinski definition) is 6. The Kier molecular flexibility index (Phi) is 4.43. The molecule has 1 fully saturated rings. The average molecular weight is 297 g/mol. The van der Waals surface area contributed by atoms with Gasteiger partial charge in [0, 0.05) is 23.1 Å². The van der Waals surface area contributed by atoms with Gasteiger partial charge in [0.2, 0.25) is 0 Å². The number of aliphatic hydroxyl groups is 2. The molecule has 1 aliphatic rings. The highest BCUT2D eigenvalue weighted by atomic mass is 16.5. The number of nitrogens with zero attached hydrogens (tertiary/aromatic N) is 4. The zero-order valence-corrected chi connectivity index (χ0v) is 11.2. The lowest BCUT2D eigenvalue weighted by molar-refractivity contribution is -0.0781. The number of ether oxygens (including phenoxy) is 1. The largest absolute Gasteiger partial charge is 0.394 e. The molecule has 0 aliphatic carbocycles. The van der Waals surface area contributed by atoms with Crippen LogP contribution in [-0.4, -0.2) is 44.6 Å². The standard InChI is InChI=1S/C11H15N5O5/c1-5-3-16(11(20)13-10(5)19)8-2-6(14-15-12)9(21-8)7(18)4-17/h3,6-9,17-18H,2,4H2,1H3,(H,13,19,20)/t6-,7+,8+,9?/m0/s1. The third-order valence-electron chi connectivity index (χ3n) is 3.36. The van der Waals surface area contributed by atoms with Crippen LogP contribution in [0.3, 0.4) is 0 Å². The second kappa shape index (κ2) is 6.10. The molecular formula is C11H15N5O5. The molecule has 2 rings (SSSR count). The highest BCUT2D eigenvalue weighted by Gasteiger charge is 2.40. The molecule has 0 radical (unpaired) electrons. The van der Waals surface area contributed by atoms with Gasteiger partial charge in [0.05, 0.1) is 18.8 Å². The zero-order chi connectivity index (χ0) is 15.6. The van der Waals surface area contributed by atoms with E-state index in [0.717, 1.165) is 0 Å². The van der Waals surface area contributed by atoms with Gasteiger partial charge in [0.1, 0.15) is 12.3 Å². The predicted octanol–water partition coefficient (Wildman–Crippen LogP) is -0.835. The SMILES string of the molecule is Cc1cn([C@H]2C[C@H](N=[N+]=[N-])C([C@H](O)CO)O2)c(=O)[nH]c1=O. The first-order valence-corrected chi connectivity index (χ1v) is 6.28. The van der Waals surface area contributed by atoms with Crippen molar-refractivity contribution in [2.24, 2.45) is 5.11 Å². The maximum Gasteiger partial charge on any atom is 0.330 e. The van der Waals surface area contributed by atoms with Crippen molar-refractivity contribution in [3.05, 3.63) is 43.0 Å². The Morgan fingerprint density at radius 3 is 3.00 bits per heavy atom. The summed E-state index contributed by atoms with van der Waals surface area (Å²) >= 11 is 0. The molecule has 0 saturated carbocycles. The second-order valence-corrected chi connectivity index (χ2v) is 4.79. The van der Waals surface area contributed by atoms with Gasteiger partial charge in [0.25, 0.3) is 5.56 Å². The monoisotopic (exact) mass is 297 g/mol. The minimum absolute atomic E-state index is 0.150. The van der Waals surface area contributed by atoms with Crippen molar-refractivity contribution in [1.82, 2.24) is 9.55 Å². The summed E-state index contributed by atoms with van der Waals surface area (Å²) in [7, 11) is 0. The number of aliphatic hydroxyl groups excluding tert-OH is 2. The van der Waals surface area contributed by atoms with Crippen LogP contribution >= 0.6 is 0 Å². The van der Waals surface area contributed by atoms with E-state index >= 15 is 0 Å². The number of azide groups is 1. The molecule has 2 heterocycles. The normalized spacial score (nSPS) is 26.3. The molecule has 10 heteroatoms. The molecule has 1 aromatic rings. The van der Waals surface area contributed by atoms with Crippen molar-refractivity contribution >= 4 is 0 Å². The third-order valence-corrected chi connectivity index (χ3v) is 3.36. The van der Waals surface area contributed by atoms with Crippen LogP contribution in [0, 0.1) is 6.92 Å². The van der Waals surface area contributed by atoms with E-state index in [1.165, 1.54) is 17.7 Å². The molecule has 114 valence electrons.